The first kappa shape index (κ1) is 21.9. The molecule has 4 heterocycles. The minimum absolute atomic E-state index is 0. The summed E-state index contributed by atoms with van der Waals surface area (Å²) in [7, 11) is 0. The number of halogens is 2. The van der Waals surface area contributed by atoms with Crippen LogP contribution in [0.1, 0.15) is 0 Å². The van der Waals surface area contributed by atoms with Gasteiger partial charge in [-0.1, -0.05) is 56.1 Å². The van der Waals surface area contributed by atoms with Crippen molar-refractivity contribution in [1.29, 1.82) is 0 Å². The molecule has 0 amide bonds. The fourth-order valence-electron chi connectivity index (χ4n) is 3.47. The molecule has 0 atom stereocenters. The Bertz CT molecular complexity index is 1420. The summed E-state index contributed by atoms with van der Waals surface area (Å²) in [5, 5.41) is 4.42. The van der Waals surface area contributed by atoms with E-state index in [0.717, 1.165) is 52.6 Å². The SMILES string of the molecule is Brc1cc2cccnc2c2ncccc12.Brc1cc2cccnc2c2ncccc12.[Ru]. The molecule has 0 radical (unpaired) electrons. The van der Waals surface area contributed by atoms with E-state index in [1.165, 1.54) is 0 Å². The maximum atomic E-state index is 4.38. The first-order valence-corrected chi connectivity index (χ1v) is 10.9. The summed E-state index contributed by atoms with van der Waals surface area (Å²) in [6.07, 6.45) is 7.18. The number of hydrogen-bond acceptors (Lipinski definition) is 4. The Kier molecular flexibility index (Phi) is 6.66. The zero-order chi connectivity index (χ0) is 20.5. The molecule has 4 aromatic heterocycles. The summed E-state index contributed by atoms with van der Waals surface area (Å²) in [6, 6.07) is 20.1. The van der Waals surface area contributed by atoms with Crippen LogP contribution in [0.15, 0.2) is 94.4 Å². The average molecular weight is 619 g/mol. The van der Waals surface area contributed by atoms with Crippen LogP contribution < -0.4 is 0 Å². The molecule has 0 bridgehead atoms. The number of nitrogens with zero attached hydrogens (tertiary/aromatic N) is 4. The van der Waals surface area contributed by atoms with Gasteiger partial charge in [0.2, 0.25) is 0 Å². The monoisotopic (exact) mass is 618 g/mol. The number of hydrogen-bond donors (Lipinski definition) is 0. The number of aromatic nitrogens is 4. The first-order valence-electron chi connectivity index (χ1n) is 9.28. The summed E-state index contributed by atoms with van der Waals surface area (Å²) in [5.74, 6) is 0. The van der Waals surface area contributed by atoms with Crippen LogP contribution in [-0.4, -0.2) is 19.9 Å². The molecule has 0 unspecified atom stereocenters. The van der Waals surface area contributed by atoms with Crippen LogP contribution >= 0.6 is 31.9 Å². The van der Waals surface area contributed by atoms with Crippen molar-refractivity contribution in [2.45, 2.75) is 0 Å². The average Bonchev–Trinajstić information content (AvgIpc) is 2.80. The standard InChI is InChI=1S/2C12H7BrN2.Ru/c2*13-10-7-8-3-1-5-14-11(8)12-9(10)4-2-6-15-12;/h2*1-7H;. The third kappa shape index (κ3) is 4.23. The molecule has 7 heteroatoms. The Morgan fingerprint density at radius 2 is 0.839 bits per heavy atom. The second kappa shape index (κ2) is 9.43. The van der Waals surface area contributed by atoms with Gasteiger partial charge in [-0.2, -0.15) is 0 Å². The van der Waals surface area contributed by atoms with Crippen LogP contribution in [0.2, 0.25) is 0 Å². The van der Waals surface area contributed by atoms with Crippen molar-refractivity contribution in [1.82, 2.24) is 19.9 Å². The van der Waals surface area contributed by atoms with Crippen LogP contribution in [-0.2, 0) is 19.5 Å². The van der Waals surface area contributed by atoms with Gasteiger partial charge in [-0.3, -0.25) is 19.9 Å². The van der Waals surface area contributed by atoms with Crippen molar-refractivity contribution in [2.24, 2.45) is 0 Å². The maximum absolute atomic E-state index is 4.38. The number of benzene rings is 2. The molecular formula is C24H14Br2N4Ru. The van der Waals surface area contributed by atoms with E-state index in [1.807, 2.05) is 48.5 Å². The molecule has 4 nitrogen and oxygen atoms in total. The Balaban J connectivity index is 0.000000144. The summed E-state index contributed by atoms with van der Waals surface area (Å²) < 4.78 is 2.12. The van der Waals surface area contributed by atoms with Crippen LogP contribution in [0.25, 0.3) is 43.6 Å². The third-order valence-electron chi connectivity index (χ3n) is 4.82. The van der Waals surface area contributed by atoms with Gasteiger partial charge in [0, 0.05) is 74.8 Å². The second-order valence-corrected chi connectivity index (χ2v) is 8.37. The zero-order valence-corrected chi connectivity index (χ0v) is 20.9. The predicted octanol–water partition coefficient (Wildman–Crippen LogP) is 7.09. The van der Waals surface area contributed by atoms with Crippen LogP contribution in [0, 0.1) is 0 Å². The van der Waals surface area contributed by atoms with Gasteiger partial charge in [0.05, 0.1) is 22.1 Å². The molecule has 6 rings (SSSR count). The van der Waals surface area contributed by atoms with Gasteiger partial charge in [0.15, 0.2) is 0 Å². The molecule has 0 aliphatic rings. The molecule has 0 fully saturated rings. The quantitative estimate of drug-likeness (QED) is 0.135. The Morgan fingerprint density at radius 3 is 1.26 bits per heavy atom. The van der Waals surface area contributed by atoms with Crippen molar-refractivity contribution in [3.05, 3.63) is 94.4 Å². The number of fused-ring (bicyclic) bond motifs is 6. The number of pyridine rings is 4. The third-order valence-corrected chi connectivity index (χ3v) is 6.13. The van der Waals surface area contributed by atoms with Gasteiger partial charge >= 0.3 is 0 Å². The molecule has 0 aliphatic carbocycles. The van der Waals surface area contributed by atoms with Crippen molar-refractivity contribution >= 4 is 75.5 Å². The summed E-state index contributed by atoms with van der Waals surface area (Å²) in [5.41, 5.74) is 3.80. The fourth-order valence-corrected chi connectivity index (χ4v) is 4.60. The van der Waals surface area contributed by atoms with E-state index in [1.54, 1.807) is 24.8 Å². The first-order chi connectivity index (χ1) is 14.7. The van der Waals surface area contributed by atoms with Crippen LogP contribution in [0.5, 0.6) is 0 Å². The molecule has 2 aromatic carbocycles. The normalized spacial score (nSPS) is 10.6. The van der Waals surface area contributed by atoms with E-state index in [0.29, 0.717) is 0 Å². The topological polar surface area (TPSA) is 51.6 Å². The molecule has 31 heavy (non-hydrogen) atoms. The molecule has 0 aliphatic heterocycles. The van der Waals surface area contributed by atoms with E-state index in [-0.39, 0.29) is 19.5 Å². The summed E-state index contributed by atoms with van der Waals surface area (Å²) >= 11 is 7.10. The van der Waals surface area contributed by atoms with Gasteiger partial charge in [0.25, 0.3) is 0 Å². The van der Waals surface area contributed by atoms with E-state index in [4.69, 9.17) is 0 Å². The zero-order valence-electron chi connectivity index (χ0n) is 16.0. The summed E-state index contributed by atoms with van der Waals surface area (Å²) in [4.78, 5) is 17.5. The van der Waals surface area contributed by atoms with Gasteiger partial charge in [-0.25, -0.2) is 0 Å². The van der Waals surface area contributed by atoms with E-state index in [9.17, 15) is 0 Å². The van der Waals surface area contributed by atoms with Crippen molar-refractivity contribution in [2.75, 3.05) is 0 Å². The summed E-state index contributed by atoms with van der Waals surface area (Å²) in [6.45, 7) is 0. The van der Waals surface area contributed by atoms with Gasteiger partial charge in [-0.05, 0) is 36.4 Å². The molecule has 0 spiro atoms. The molecule has 6 aromatic rings. The molecular weight excluding hydrogens is 605 g/mol. The Morgan fingerprint density at radius 1 is 0.484 bits per heavy atom. The van der Waals surface area contributed by atoms with Gasteiger partial charge in [-0.15, -0.1) is 0 Å². The van der Waals surface area contributed by atoms with Crippen molar-refractivity contribution in [3.8, 4) is 0 Å². The molecule has 0 saturated heterocycles. The Labute approximate surface area is 208 Å². The second-order valence-electron chi connectivity index (χ2n) is 6.67. The maximum Gasteiger partial charge on any atom is 0.0975 e. The van der Waals surface area contributed by atoms with E-state index in [2.05, 4.69) is 63.9 Å². The fraction of sp³-hybridized carbons (Fsp3) is 0. The van der Waals surface area contributed by atoms with Crippen LogP contribution in [0.3, 0.4) is 0 Å². The van der Waals surface area contributed by atoms with E-state index < -0.39 is 0 Å². The molecule has 0 saturated carbocycles. The smallest absolute Gasteiger partial charge is 0.0975 e. The van der Waals surface area contributed by atoms with Crippen molar-refractivity contribution in [3.63, 3.8) is 0 Å². The van der Waals surface area contributed by atoms with Crippen molar-refractivity contribution < 1.29 is 19.5 Å². The van der Waals surface area contributed by atoms with Gasteiger partial charge < -0.3 is 0 Å². The molecule has 152 valence electrons. The Hall–Kier alpha value is -2.34. The predicted molar refractivity (Wildman–Crippen MR) is 129 cm³/mol. The molecule has 0 N–H and O–H groups in total. The largest absolute Gasteiger partial charge is 0.254 e. The minimum Gasteiger partial charge on any atom is -0.254 e. The van der Waals surface area contributed by atoms with Crippen LogP contribution in [0.4, 0.5) is 0 Å². The van der Waals surface area contributed by atoms with Gasteiger partial charge in [0.1, 0.15) is 0 Å². The number of rotatable bonds is 0. The minimum atomic E-state index is 0. The van der Waals surface area contributed by atoms with E-state index >= 15 is 0 Å².